The van der Waals surface area contributed by atoms with Gasteiger partial charge in [0.25, 0.3) is 0 Å². The highest BCUT2D eigenvalue weighted by Gasteiger charge is 2.29. The first-order chi connectivity index (χ1) is 14.7. The molecule has 0 bridgehead atoms. The molecular weight excluding hydrogens is 390 g/mol. The molecule has 1 aliphatic carbocycles. The smallest absolute Gasteiger partial charge is 0.185 e. The van der Waals surface area contributed by atoms with Gasteiger partial charge in [0, 0.05) is 63.9 Å². The predicted molar refractivity (Wildman–Crippen MR) is 129 cm³/mol. The van der Waals surface area contributed by atoms with Crippen LogP contribution in [0, 0.1) is 5.92 Å². The van der Waals surface area contributed by atoms with Gasteiger partial charge in [0.1, 0.15) is 0 Å². The summed E-state index contributed by atoms with van der Waals surface area (Å²) in [6.07, 6.45) is 14.9. The molecule has 0 amide bonds. The van der Waals surface area contributed by atoms with Crippen LogP contribution in [0.15, 0.2) is 6.20 Å². The lowest BCUT2D eigenvalue weighted by atomic mass is 9.95. The Balaban J connectivity index is 1.35. The molecule has 0 radical (unpaired) electrons. The molecule has 4 rings (SSSR count). The predicted octanol–water partition coefficient (Wildman–Crippen LogP) is 4.15. The van der Waals surface area contributed by atoms with Crippen LogP contribution in [0.1, 0.15) is 62.7 Å². The molecule has 3 heterocycles. The SMILES string of the molecule is CN(C)c1ncc(CN(CCN2CCCCC2)CC2CCCN(C3CCCC3)C2)s1. The average Bonchev–Trinajstić information content (AvgIpc) is 3.45. The van der Waals surface area contributed by atoms with Gasteiger partial charge in [-0.3, -0.25) is 4.90 Å². The minimum Gasteiger partial charge on any atom is -0.354 e. The zero-order valence-corrected chi connectivity index (χ0v) is 20.2. The van der Waals surface area contributed by atoms with Crippen molar-refractivity contribution in [3.05, 3.63) is 11.1 Å². The summed E-state index contributed by atoms with van der Waals surface area (Å²) in [5.74, 6) is 0.835. The molecule has 0 spiro atoms. The Morgan fingerprint density at radius 1 is 1.00 bits per heavy atom. The molecule has 0 aromatic carbocycles. The highest BCUT2D eigenvalue weighted by Crippen LogP contribution is 2.29. The van der Waals surface area contributed by atoms with Crippen LogP contribution in [0.25, 0.3) is 0 Å². The summed E-state index contributed by atoms with van der Waals surface area (Å²) >= 11 is 1.86. The van der Waals surface area contributed by atoms with Gasteiger partial charge in [-0.2, -0.15) is 0 Å². The summed E-state index contributed by atoms with van der Waals surface area (Å²) in [5, 5.41) is 1.13. The summed E-state index contributed by atoms with van der Waals surface area (Å²) in [6, 6.07) is 0.888. The van der Waals surface area contributed by atoms with Gasteiger partial charge in [0.2, 0.25) is 0 Å². The van der Waals surface area contributed by atoms with E-state index in [0.29, 0.717) is 0 Å². The van der Waals surface area contributed by atoms with E-state index >= 15 is 0 Å². The fourth-order valence-corrected chi connectivity index (χ4v) is 6.59. The van der Waals surface area contributed by atoms with Gasteiger partial charge in [-0.05, 0) is 64.1 Å². The standard InChI is InChI=1S/C24H43N5S/c1-26(2)24-25-17-23(30-24)20-28(16-15-27-12-6-3-7-13-27)18-21-9-8-14-29(19-21)22-10-4-5-11-22/h17,21-22H,3-16,18-20H2,1-2H3. The first-order valence-corrected chi connectivity index (χ1v) is 13.3. The van der Waals surface area contributed by atoms with Crippen LogP contribution in [0.2, 0.25) is 0 Å². The van der Waals surface area contributed by atoms with Crippen LogP contribution < -0.4 is 4.90 Å². The van der Waals surface area contributed by atoms with Crippen molar-refractivity contribution < 1.29 is 0 Å². The van der Waals surface area contributed by atoms with Crippen LogP contribution in [-0.4, -0.2) is 85.6 Å². The number of anilines is 1. The topological polar surface area (TPSA) is 25.9 Å². The lowest BCUT2D eigenvalue weighted by Crippen LogP contribution is -2.46. The number of piperidine rings is 2. The van der Waals surface area contributed by atoms with Crippen LogP contribution in [0.3, 0.4) is 0 Å². The molecule has 1 saturated carbocycles. The first kappa shape index (κ1) is 22.5. The van der Waals surface area contributed by atoms with Gasteiger partial charge in [-0.15, -0.1) is 11.3 Å². The van der Waals surface area contributed by atoms with Crippen molar-refractivity contribution in [2.75, 3.05) is 64.8 Å². The molecule has 1 atom stereocenters. The van der Waals surface area contributed by atoms with E-state index < -0.39 is 0 Å². The Labute approximate surface area is 188 Å². The summed E-state index contributed by atoms with van der Waals surface area (Å²) in [6.45, 7) is 10.0. The molecular formula is C24H43N5S. The minimum absolute atomic E-state index is 0.835. The maximum atomic E-state index is 4.63. The number of thiazole rings is 1. The van der Waals surface area contributed by atoms with Crippen molar-refractivity contribution in [2.24, 2.45) is 5.92 Å². The molecule has 0 N–H and O–H groups in total. The second-order valence-corrected chi connectivity index (χ2v) is 11.2. The van der Waals surface area contributed by atoms with E-state index in [9.17, 15) is 0 Å². The summed E-state index contributed by atoms with van der Waals surface area (Å²) in [7, 11) is 4.19. The lowest BCUT2D eigenvalue weighted by Gasteiger charge is -2.39. The number of aromatic nitrogens is 1. The molecule has 2 saturated heterocycles. The maximum absolute atomic E-state index is 4.63. The monoisotopic (exact) mass is 433 g/mol. The third-order valence-corrected chi connectivity index (χ3v) is 8.54. The number of rotatable bonds is 9. The van der Waals surface area contributed by atoms with Crippen molar-refractivity contribution in [3.63, 3.8) is 0 Å². The van der Waals surface area contributed by atoms with Crippen molar-refractivity contribution in [1.29, 1.82) is 0 Å². The van der Waals surface area contributed by atoms with E-state index in [-0.39, 0.29) is 0 Å². The third-order valence-electron chi connectivity index (χ3n) is 7.39. The van der Waals surface area contributed by atoms with Crippen molar-refractivity contribution in [2.45, 2.75) is 70.4 Å². The highest BCUT2D eigenvalue weighted by molar-refractivity contribution is 7.15. The number of nitrogens with zero attached hydrogens (tertiary/aromatic N) is 5. The average molecular weight is 434 g/mol. The zero-order valence-electron chi connectivity index (χ0n) is 19.4. The van der Waals surface area contributed by atoms with E-state index in [0.717, 1.165) is 23.6 Å². The molecule has 170 valence electrons. The van der Waals surface area contributed by atoms with Gasteiger partial charge >= 0.3 is 0 Å². The van der Waals surface area contributed by atoms with Crippen LogP contribution in [0.4, 0.5) is 5.13 Å². The summed E-state index contributed by atoms with van der Waals surface area (Å²) < 4.78 is 0. The molecule has 5 nitrogen and oxygen atoms in total. The molecule has 1 aromatic heterocycles. The van der Waals surface area contributed by atoms with Crippen molar-refractivity contribution in [3.8, 4) is 0 Å². The Morgan fingerprint density at radius 3 is 2.53 bits per heavy atom. The fourth-order valence-electron chi connectivity index (χ4n) is 5.71. The Kier molecular flexibility index (Phi) is 8.44. The quantitative estimate of drug-likeness (QED) is 0.583. The Morgan fingerprint density at radius 2 is 1.80 bits per heavy atom. The summed E-state index contributed by atoms with van der Waals surface area (Å²) in [5.41, 5.74) is 0. The van der Waals surface area contributed by atoms with Gasteiger partial charge in [0.15, 0.2) is 5.13 Å². The van der Waals surface area contributed by atoms with Crippen LogP contribution in [0.5, 0.6) is 0 Å². The second-order valence-electron chi connectivity index (χ2n) is 10.1. The van der Waals surface area contributed by atoms with Crippen molar-refractivity contribution >= 4 is 16.5 Å². The summed E-state index contributed by atoms with van der Waals surface area (Å²) in [4.78, 5) is 16.5. The third kappa shape index (κ3) is 6.41. The number of hydrogen-bond donors (Lipinski definition) is 0. The molecule has 3 aliphatic rings. The minimum atomic E-state index is 0.835. The van der Waals surface area contributed by atoms with Gasteiger partial charge in [-0.25, -0.2) is 4.98 Å². The molecule has 3 fully saturated rings. The zero-order chi connectivity index (χ0) is 20.8. The molecule has 2 aliphatic heterocycles. The molecule has 30 heavy (non-hydrogen) atoms. The normalized spacial score (nSPS) is 24.7. The Hall–Kier alpha value is -0.690. The van der Waals surface area contributed by atoms with E-state index in [4.69, 9.17) is 0 Å². The Bertz CT molecular complexity index is 621. The highest BCUT2D eigenvalue weighted by atomic mass is 32.1. The van der Waals surface area contributed by atoms with E-state index in [1.165, 1.54) is 108 Å². The maximum Gasteiger partial charge on any atom is 0.185 e. The van der Waals surface area contributed by atoms with Crippen molar-refractivity contribution in [1.82, 2.24) is 19.7 Å². The first-order valence-electron chi connectivity index (χ1n) is 12.5. The van der Waals surface area contributed by atoms with E-state index in [1.807, 2.05) is 11.3 Å². The molecule has 6 heteroatoms. The van der Waals surface area contributed by atoms with Gasteiger partial charge in [0.05, 0.1) is 0 Å². The lowest BCUT2D eigenvalue weighted by molar-refractivity contribution is 0.0915. The number of hydrogen-bond acceptors (Lipinski definition) is 6. The largest absolute Gasteiger partial charge is 0.354 e. The second kappa shape index (κ2) is 11.3. The number of likely N-dealkylation sites (tertiary alicyclic amines) is 2. The van der Waals surface area contributed by atoms with Crippen LogP contribution >= 0.6 is 11.3 Å². The molecule has 1 unspecified atom stereocenters. The van der Waals surface area contributed by atoms with Gasteiger partial charge in [-0.1, -0.05) is 19.3 Å². The van der Waals surface area contributed by atoms with Gasteiger partial charge < -0.3 is 14.7 Å². The van der Waals surface area contributed by atoms with Crippen LogP contribution in [-0.2, 0) is 6.54 Å². The molecule has 1 aromatic rings. The van der Waals surface area contributed by atoms with E-state index in [1.54, 1.807) is 0 Å². The van der Waals surface area contributed by atoms with E-state index in [2.05, 4.69) is 44.9 Å². The fraction of sp³-hybridized carbons (Fsp3) is 0.875.